The van der Waals surface area contributed by atoms with E-state index in [1.54, 1.807) is 17.9 Å². The van der Waals surface area contributed by atoms with Gasteiger partial charge in [-0.05, 0) is 55.9 Å². The van der Waals surface area contributed by atoms with Crippen molar-refractivity contribution in [2.75, 3.05) is 11.4 Å². The molecule has 27 heavy (non-hydrogen) atoms. The maximum Gasteiger partial charge on any atom is 0.259 e. The second-order valence-electron chi connectivity index (χ2n) is 7.51. The Hall–Kier alpha value is -2.76. The molecule has 1 aliphatic rings. The van der Waals surface area contributed by atoms with Crippen LogP contribution < -0.4 is 4.90 Å². The third kappa shape index (κ3) is 2.89. The van der Waals surface area contributed by atoms with Gasteiger partial charge in [0.1, 0.15) is 5.82 Å². The van der Waals surface area contributed by atoms with E-state index in [4.69, 9.17) is 4.52 Å². The average Bonchev–Trinajstić information content (AvgIpc) is 3.00. The number of fused-ring (bicyclic) bond motifs is 2. The van der Waals surface area contributed by atoms with Crippen LogP contribution in [-0.4, -0.2) is 22.6 Å². The highest BCUT2D eigenvalue weighted by molar-refractivity contribution is 6.14. The molecule has 0 bridgehead atoms. The number of nitrogens with zero attached hydrogens (tertiary/aromatic N) is 3. The van der Waals surface area contributed by atoms with Crippen molar-refractivity contribution in [1.29, 1.82) is 0 Å². The van der Waals surface area contributed by atoms with E-state index in [2.05, 4.69) is 10.1 Å². The summed E-state index contributed by atoms with van der Waals surface area (Å²) in [6.07, 6.45) is 1.57. The van der Waals surface area contributed by atoms with Crippen LogP contribution in [0.2, 0.25) is 0 Å². The minimum atomic E-state index is -0.352. The van der Waals surface area contributed by atoms with Gasteiger partial charge in [0, 0.05) is 12.2 Å². The quantitative estimate of drug-likeness (QED) is 0.659. The third-order valence-corrected chi connectivity index (χ3v) is 5.09. The molecule has 0 saturated heterocycles. The average molecular weight is 367 g/mol. The van der Waals surface area contributed by atoms with Gasteiger partial charge >= 0.3 is 0 Å². The van der Waals surface area contributed by atoms with Gasteiger partial charge in [-0.3, -0.25) is 4.79 Å². The maximum absolute atomic E-state index is 14.8. The first-order valence-corrected chi connectivity index (χ1v) is 9.24. The molecule has 1 amide bonds. The summed E-state index contributed by atoms with van der Waals surface area (Å²) in [5, 5.41) is 4.58. The Morgan fingerprint density at radius 1 is 1.26 bits per heavy atom. The van der Waals surface area contributed by atoms with E-state index in [0.717, 1.165) is 29.7 Å². The highest BCUT2D eigenvalue weighted by atomic mass is 19.1. The zero-order valence-electron chi connectivity index (χ0n) is 16.0. The van der Waals surface area contributed by atoms with Crippen molar-refractivity contribution < 1.29 is 13.7 Å². The number of pyridine rings is 1. The number of carbonyl (C=O) groups is 1. The molecule has 0 spiro atoms. The highest BCUT2D eigenvalue weighted by Crippen LogP contribution is 2.34. The summed E-state index contributed by atoms with van der Waals surface area (Å²) in [5.74, 6) is -0.465. The molecule has 5 nitrogen and oxygen atoms in total. The standard InChI is InChI=1S/C21H22FN3O2/c1-11(2)17-10-15(18-13(4)24-27-20(18)23-17)21(26)25-7-5-6-14-8-12(3)9-16(22)19(14)25/h8-11H,5-7H2,1-4H3. The summed E-state index contributed by atoms with van der Waals surface area (Å²) < 4.78 is 20.1. The fourth-order valence-electron chi connectivity index (χ4n) is 3.77. The Labute approximate surface area is 157 Å². The number of aromatic nitrogens is 2. The Morgan fingerprint density at radius 3 is 2.78 bits per heavy atom. The first-order chi connectivity index (χ1) is 12.9. The lowest BCUT2D eigenvalue weighted by molar-refractivity contribution is 0.0985. The van der Waals surface area contributed by atoms with Crippen LogP contribution in [0.5, 0.6) is 0 Å². The lowest BCUT2D eigenvalue weighted by atomic mass is 9.97. The fourth-order valence-corrected chi connectivity index (χ4v) is 3.77. The summed E-state index contributed by atoms with van der Waals surface area (Å²) >= 11 is 0. The van der Waals surface area contributed by atoms with Crippen LogP contribution >= 0.6 is 0 Å². The molecule has 1 aliphatic heterocycles. The van der Waals surface area contributed by atoms with Crippen LogP contribution in [0.25, 0.3) is 11.1 Å². The SMILES string of the molecule is Cc1cc(F)c2c(c1)CCCN2C(=O)c1cc(C(C)C)nc2onc(C)c12. The minimum Gasteiger partial charge on any atom is -0.336 e. The smallest absolute Gasteiger partial charge is 0.259 e. The minimum absolute atomic E-state index is 0.124. The molecular weight excluding hydrogens is 345 g/mol. The zero-order chi connectivity index (χ0) is 19.3. The van der Waals surface area contributed by atoms with Crippen LogP contribution in [0.1, 0.15) is 59.1 Å². The fraction of sp³-hybridized carbons (Fsp3) is 0.381. The highest BCUT2D eigenvalue weighted by Gasteiger charge is 2.30. The van der Waals surface area contributed by atoms with Gasteiger partial charge in [-0.15, -0.1) is 0 Å². The van der Waals surface area contributed by atoms with Crippen molar-refractivity contribution in [1.82, 2.24) is 10.1 Å². The van der Waals surface area contributed by atoms with Crippen molar-refractivity contribution >= 4 is 22.7 Å². The summed E-state index contributed by atoms with van der Waals surface area (Å²) in [5.41, 5.74) is 4.31. The largest absolute Gasteiger partial charge is 0.336 e. The van der Waals surface area contributed by atoms with Gasteiger partial charge in [-0.25, -0.2) is 9.37 Å². The second kappa shape index (κ2) is 6.44. The molecule has 3 heterocycles. The molecule has 2 aromatic heterocycles. The monoisotopic (exact) mass is 367 g/mol. The zero-order valence-corrected chi connectivity index (χ0v) is 16.0. The van der Waals surface area contributed by atoms with E-state index in [1.807, 2.05) is 26.8 Å². The van der Waals surface area contributed by atoms with E-state index >= 15 is 0 Å². The van der Waals surface area contributed by atoms with E-state index in [1.165, 1.54) is 6.07 Å². The summed E-state index contributed by atoms with van der Waals surface area (Å²) in [4.78, 5) is 19.5. The van der Waals surface area contributed by atoms with Gasteiger partial charge < -0.3 is 9.42 Å². The molecule has 0 saturated carbocycles. The Morgan fingerprint density at radius 2 is 2.04 bits per heavy atom. The van der Waals surface area contributed by atoms with E-state index < -0.39 is 0 Å². The molecule has 0 N–H and O–H groups in total. The molecule has 0 radical (unpaired) electrons. The molecule has 1 aromatic carbocycles. The van der Waals surface area contributed by atoms with Gasteiger partial charge in [-0.1, -0.05) is 25.1 Å². The summed E-state index contributed by atoms with van der Waals surface area (Å²) in [7, 11) is 0. The normalized spacial score (nSPS) is 14.1. The molecule has 6 heteroatoms. The second-order valence-corrected chi connectivity index (χ2v) is 7.51. The number of rotatable bonds is 2. The van der Waals surface area contributed by atoms with Gasteiger partial charge in [-0.2, -0.15) is 0 Å². The predicted octanol–water partition coefficient (Wildman–Crippen LogP) is 4.70. The number of hydrogen-bond acceptors (Lipinski definition) is 4. The van der Waals surface area contributed by atoms with Crippen LogP contribution in [0.4, 0.5) is 10.1 Å². The van der Waals surface area contributed by atoms with Gasteiger partial charge in [0.05, 0.1) is 22.3 Å². The maximum atomic E-state index is 14.8. The van der Waals surface area contributed by atoms with Gasteiger partial charge in [0.25, 0.3) is 11.6 Å². The Bertz CT molecular complexity index is 1060. The Balaban J connectivity index is 1.89. The lowest BCUT2D eigenvalue weighted by Gasteiger charge is -2.30. The van der Waals surface area contributed by atoms with Crippen molar-refractivity contribution in [2.45, 2.75) is 46.5 Å². The summed E-state index contributed by atoms with van der Waals surface area (Å²) in [6.45, 7) is 8.14. The number of benzene rings is 1. The first kappa shape index (κ1) is 17.6. The number of halogens is 1. The van der Waals surface area contributed by atoms with Crippen LogP contribution in [0.15, 0.2) is 22.7 Å². The van der Waals surface area contributed by atoms with E-state index in [-0.39, 0.29) is 17.6 Å². The van der Waals surface area contributed by atoms with Crippen molar-refractivity contribution in [2.24, 2.45) is 0 Å². The molecule has 4 rings (SSSR count). The number of amides is 1. The number of hydrogen-bond donors (Lipinski definition) is 0. The van der Waals surface area contributed by atoms with Crippen LogP contribution in [0.3, 0.4) is 0 Å². The molecule has 0 atom stereocenters. The molecular formula is C21H22FN3O2. The van der Waals surface area contributed by atoms with E-state index in [9.17, 15) is 9.18 Å². The molecule has 140 valence electrons. The van der Waals surface area contributed by atoms with Crippen LogP contribution in [-0.2, 0) is 6.42 Å². The first-order valence-electron chi connectivity index (χ1n) is 9.24. The summed E-state index contributed by atoms with van der Waals surface area (Å²) in [6, 6.07) is 5.24. The number of anilines is 1. The third-order valence-electron chi connectivity index (χ3n) is 5.09. The lowest BCUT2D eigenvalue weighted by Crippen LogP contribution is -2.36. The number of aryl methyl sites for hydroxylation is 3. The molecule has 3 aromatic rings. The topological polar surface area (TPSA) is 59.2 Å². The van der Waals surface area contributed by atoms with Crippen molar-refractivity contribution in [3.63, 3.8) is 0 Å². The molecule has 0 fully saturated rings. The van der Waals surface area contributed by atoms with Gasteiger partial charge in [0.15, 0.2) is 0 Å². The molecule has 0 unspecified atom stereocenters. The molecule has 0 aliphatic carbocycles. The predicted molar refractivity (Wildman–Crippen MR) is 102 cm³/mol. The van der Waals surface area contributed by atoms with E-state index in [0.29, 0.717) is 34.6 Å². The number of carbonyl (C=O) groups excluding carboxylic acids is 1. The van der Waals surface area contributed by atoms with Crippen LogP contribution in [0, 0.1) is 19.7 Å². The Kier molecular flexibility index (Phi) is 4.21. The van der Waals surface area contributed by atoms with Crippen molar-refractivity contribution in [3.05, 3.63) is 52.1 Å². The van der Waals surface area contributed by atoms with Gasteiger partial charge in [0.2, 0.25) is 0 Å². The van der Waals surface area contributed by atoms with Crippen molar-refractivity contribution in [3.8, 4) is 0 Å².